The molecule has 1 fully saturated rings. The monoisotopic (exact) mass is 240 g/mol. The molecule has 2 heteroatoms. The van der Waals surface area contributed by atoms with Gasteiger partial charge >= 0.3 is 0 Å². The summed E-state index contributed by atoms with van der Waals surface area (Å²) in [4.78, 5) is 2.71. The van der Waals surface area contributed by atoms with Crippen LogP contribution in [0.25, 0.3) is 0 Å². The number of nitrogens with one attached hydrogen (secondary N) is 1. The topological polar surface area (TPSA) is 15.3 Å². The Hall–Kier alpha value is -0.0800. The Morgan fingerprint density at radius 1 is 0.765 bits per heavy atom. The van der Waals surface area contributed by atoms with Gasteiger partial charge in [-0.05, 0) is 31.6 Å². The fourth-order valence-electron chi connectivity index (χ4n) is 3.30. The van der Waals surface area contributed by atoms with Gasteiger partial charge in [0, 0.05) is 18.1 Å². The van der Waals surface area contributed by atoms with Gasteiger partial charge in [-0.1, -0.05) is 41.5 Å². The molecular formula is C15H32N2. The van der Waals surface area contributed by atoms with E-state index in [0.717, 1.165) is 0 Å². The Morgan fingerprint density at radius 2 is 1.29 bits per heavy atom. The maximum absolute atomic E-state index is 3.88. The normalized spacial score (nSPS) is 31.4. The van der Waals surface area contributed by atoms with Gasteiger partial charge in [0.05, 0.1) is 6.17 Å². The minimum atomic E-state index is 0.537. The van der Waals surface area contributed by atoms with Crippen LogP contribution in [-0.4, -0.2) is 29.2 Å². The zero-order chi connectivity index (χ0) is 13.3. The first-order valence-electron chi connectivity index (χ1n) is 7.30. The largest absolute Gasteiger partial charge is 0.297 e. The minimum absolute atomic E-state index is 0.537. The van der Waals surface area contributed by atoms with Gasteiger partial charge in [0.1, 0.15) is 0 Å². The van der Waals surface area contributed by atoms with E-state index in [-0.39, 0.29) is 0 Å². The summed E-state index contributed by atoms with van der Waals surface area (Å²) in [5, 5.41) is 3.88. The van der Waals surface area contributed by atoms with E-state index in [1.807, 2.05) is 0 Å². The standard InChI is InChI=1S/C15H32N2/c1-9(2)13-14(10(3)4)17(12(7)8)15(16-13)11(5)6/h9-16H,1-8H3. The van der Waals surface area contributed by atoms with Crippen LogP contribution >= 0.6 is 0 Å². The molecule has 2 nitrogen and oxygen atoms in total. The van der Waals surface area contributed by atoms with Gasteiger partial charge < -0.3 is 0 Å². The summed E-state index contributed by atoms with van der Waals surface area (Å²) in [6.07, 6.45) is 0.537. The van der Waals surface area contributed by atoms with Gasteiger partial charge in [-0.2, -0.15) is 0 Å². The molecule has 17 heavy (non-hydrogen) atoms. The summed E-state index contributed by atoms with van der Waals surface area (Å²) in [5.41, 5.74) is 0. The molecule has 0 spiro atoms. The van der Waals surface area contributed by atoms with Crippen molar-refractivity contribution in [2.24, 2.45) is 17.8 Å². The molecule has 0 saturated carbocycles. The number of nitrogens with zero attached hydrogens (tertiary/aromatic N) is 1. The smallest absolute Gasteiger partial charge is 0.0628 e. The van der Waals surface area contributed by atoms with E-state index >= 15 is 0 Å². The van der Waals surface area contributed by atoms with E-state index in [0.29, 0.717) is 42.0 Å². The molecule has 0 aromatic carbocycles. The Labute approximate surface area is 108 Å². The predicted molar refractivity (Wildman–Crippen MR) is 76.0 cm³/mol. The summed E-state index contributed by atoms with van der Waals surface area (Å²) in [7, 11) is 0. The van der Waals surface area contributed by atoms with Crippen molar-refractivity contribution in [1.82, 2.24) is 10.2 Å². The molecule has 1 rings (SSSR count). The van der Waals surface area contributed by atoms with Gasteiger partial charge in [0.2, 0.25) is 0 Å². The summed E-state index contributed by atoms with van der Waals surface area (Å²) >= 11 is 0. The zero-order valence-corrected chi connectivity index (χ0v) is 13.0. The number of hydrogen-bond acceptors (Lipinski definition) is 2. The lowest BCUT2D eigenvalue weighted by molar-refractivity contribution is 0.0857. The van der Waals surface area contributed by atoms with E-state index in [2.05, 4.69) is 65.6 Å². The van der Waals surface area contributed by atoms with Crippen molar-refractivity contribution < 1.29 is 0 Å². The predicted octanol–water partition coefficient (Wildman–Crippen LogP) is 3.33. The molecule has 0 aromatic rings. The molecule has 1 aliphatic rings. The van der Waals surface area contributed by atoms with Crippen LogP contribution < -0.4 is 5.32 Å². The number of rotatable bonds is 4. The lowest BCUT2D eigenvalue weighted by Gasteiger charge is -2.37. The van der Waals surface area contributed by atoms with Gasteiger partial charge in [-0.15, -0.1) is 0 Å². The maximum atomic E-state index is 3.88. The SMILES string of the molecule is CC(C)C1NC(C(C)C)N(C(C)C)C1C(C)C. The van der Waals surface area contributed by atoms with Gasteiger partial charge in [-0.25, -0.2) is 0 Å². The highest BCUT2D eigenvalue weighted by Crippen LogP contribution is 2.32. The second-order valence-electron chi connectivity index (χ2n) is 6.90. The second kappa shape index (κ2) is 5.71. The molecule has 0 aromatic heterocycles. The average Bonchev–Trinajstić information content (AvgIpc) is 2.56. The van der Waals surface area contributed by atoms with E-state index in [9.17, 15) is 0 Å². The van der Waals surface area contributed by atoms with E-state index in [1.165, 1.54) is 0 Å². The molecule has 102 valence electrons. The van der Waals surface area contributed by atoms with Crippen LogP contribution in [0.2, 0.25) is 0 Å². The van der Waals surface area contributed by atoms with Gasteiger partial charge in [0.25, 0.3) is 0 Å². The summed E-state index contributed by atoms with van der Waals surface area (Å²) in [5.74, 6) is 2.08. The molecule has 1 saturated heterocycles. The highest BCUT2D eigenvalue weighted by Gasteiger charge is 2.45. The van der Waals surface area contributed by atoms with Crippen LogP contribution in [0, 0.1) is 17.8 Å². The maximum Gasteiger partial charge on any atom is 0.0628 e. The molecule has 1 heterocycles. The Balaban J connectivity index is 3.00. The quantitative estimate of drug-likeness (QED) is 0.811. The molecule has 1 N–H and O–H groups in total. The minimum Gasteiger partial charge on any atom is -0.297 e. The fourth-order valence-corrected chi connectivity index (χ4v) is 3.30. The summed E-state index contributed by atoms with van der Waals surface area (Å²) in [6.45, 7) is 18.7. The third-order valence-electron chi connectivity index (χ3n) is 4.03. The van der Waals surface area contributed by atoms with Crippen molar-refractivity contribution >= 4 is 0 Å². The Morgan fingerprint density at radius 3 is 1.59 bits per heavy atom. The lowest BCUT2D eigenvalue weighted by atomic mass is 9.89. The highest BCUT2D eigenvalue weighted by atomic mass is 15.4. The third kappa shape index (κ3) is 3.03. The van der Waals surface area contributed by atoms with E-state index in [1.54, 1.807) is 0 Å². The molecule has 0 amide bonds. The van der Waals surface area contributed by atoms with E-state index in [4.69, 9.17) is 0 Å². The third-order valence-corrected chi connectivity index (χ3v) is 4.03. The van der Waals surface area contributed by atoms with Gasteiger partial charge in [-0.3, -0.25) is 10.2 Å². The van der Waals surface area contributed by atoms with Crippen LogP contribution in [0.3, 0.4) is 0 Å². The Bertz CT molecular complexity index is 209. The molecule has 0 radical (unpaired) electrons. The Kier molecular flexibility index (Phi) is 5.03. The first kappa shape index (κ1) is 15.0. The van der Waals surface area contributed by atoms with E-state index < -0.39 is 0 Å². The molecule has 1 aliphatic heterocycles. The molecule has 3 atom stereocenters. The van der Waals surface area contributed by atoms with Crippen molar-refractivity contribution in [1.29, 1.82) is 0 Å². The summed E-state index contributed by atoms with van der Waals surface area (Å²) < 4.78 is 0. The second-order valence-corrected chi connectivity index (χ2v) is 6.90. The first-order valence-corrected chi connectivity index (χ1v) is 7.30. The fraction of sp³-hybridized carbons (Fsp3) is 1.00. The van der Waals surface area contributed by atoms with Crippen LogP contribution in [0.5, 0.6) is 0 Å². The van der Waals surface area contributed by atoms with Crippen molar-refractivity contribution in [3.63, 3.8) is 0 Å². The van der Waals surface area contributed by atoms with Crippen LogP contribution in [0.15, 0.2) is 0 Å². The van der Waals surface area contributed by atoms with Crippen molar-refractivity contribution in [2.45, 2.75) is 79.7 Å². The van der Waals surface area contributed by atoms with Crippen molar-refractivity contribution in [2.75, 3.05) is 0 Å². The highest BCUT2D eigenvalue weighted by molar-refractivity contribution is 5.00. The van der Waals surface area contributed by atoms with Crippen LogP contribution in [-0.2, 0) is 0 Å². The molecule has 0 aliphatic carbocycles. The first-order chi connectivity index (χ1) is 7.77. The van der Waals surface area contributed by atoms with Crippen molar-refractivity contribution in [3.05, 3.63) is 0 Å². The molecule has 3 unspecified atom stereocenters. The van der Waals surface area contributed by atoms with Crippen molar-refractivity contribution in [3.8, 4) is 0 Å². The molecular weight excluding hydrogens is 208 g/mol. The van der Waals surface area contributed by atoms with Crippen LogP contribution in [0.4, 0.5) is 0 Å². The number of hydrogen-bond donors (Lipinski definition) is 1. The summed E-state index contributed by atoms with van der Waals surface area (Å²) in [6, 6.07) is 1.92. The van der Waals surface area contributed by atoms with Crippen LogP contribution in [0.1, 0.15) is 55.4 Å². The zero-order valence-electron chi connectivity index (χ0n) is 13.0. The lowest BCUT2D eigenvalue weighted by Crippen LogP contribution is -2.48. The average molecular weight is 240 g/mol. The molecule has 0 bridgehead atoms. The van der Waals surface area contributed by atoms with Gasteiger partial charge in [0.15, 0.2) is 0 Å².